The summed E-state index contributed by atoms with van der Waals surface area (Å²) in [6.45, 7) is 6.18. The Hall–Kier alpha value is -1.86. The van der Waals surface area contributed by atoms with Crippen LogP contribution >= 0.6 is 23.4 Å². The van der Waals surface area contributed by atoms with Gasteiger partial charge in [0.05, 0.1) is 10.3 Å². The predicted octanol–water partition coefficient (Wildman–Crippen LogP) is 4.25. The van der Waals surface area contributed by atoms with E-state index in [0.717, 1.165) is 18.7 Å². The van der Waals surface area contributed by atoms with Gasteiger partial charge in [-0.25, -0.2) is 4.39 Å². The minimum atomic E-state index is -0.521. The van der Waals surface area contributed by atoms with Crippen molar-refractivity contribution in [1.29, 1.82) is 0 Å². The van der Waals surface area contributed by atoms with Crippen molar-refractivity contribution in [2.75, 3.05) is 5.32 Å². The van der Waals surface area contributed by atoms with E-state index in [1.165, 1.54) is 30.0 Å². The summed E-state index contributed by atoms with van der Waals surface area (Å²) in [6, 6.07) is 4.08. The summed E-state index contributed by atoms with van der Waals surface area (Å²) >= 11 is 7.07. The molecule has 0 radical (unpaired) electrons. The van der Waals surface area contributed by atoms with E-state index in [1.807, 2.05) is 4.57 Å². The van der Waals surface area contributed by atoms with Gasteiger partial charge < -0.3 is 9.88 Å². The van der Waals surface area contributed by atoms with Crippen LogP contribution in [0.4, 0.5) is 10.1 Å². The zero-order valence-corrected chi connectivity index (χ0v) is 15.3. The Morgan fingerprint density at radius 2 is 2.32 bits per heavy atom. The van der Waals surface area contributed by atoms with Gasteiger partial charge in [-0.15, -0.1) is 16.8 Å². The highest BCUT2D eigenvalue weighted by Crippen LogP contribution is 2.40. The van der Waals surface area contributed by atoms with Gasteiger partial charge in [-0.05, 0) is 38.0 Å². The number of amides is 1. The highest BCUT2D eigenvalue weighted by atomic mass is 35.5. The summed E-state index contributed by atoms with van der Waals surface area (Å²) in [5.74, 6) is 0.689. The molecular weight excluding hydrogens is 363 g/mol. The molecule has 1 aromatic carbocycles. The van der Waals surface area contributed by atoms with Crippen LogP contribution in [0.3, 0.4) is 0 Å². The molecule has 1 heterocycles. The van der Waals surface area contributed by atoms with E-state index >= 15 is 0 Å². The van der Waals surface area contributed by atoms with E-state index in [-0.39, 0.29) is 10.9 Å². The Bertz CT molecular complexity index is 806. The molecule has 1 fully saturated rings. The molecule has 2 aromatic rings. The number of allylic oxidation sites excluding steroid dienone is 1. The molecule has 0 saturated heterocycles. The summed E-state index contributed by atoms with van der Waals surface area (Å²) in [6.07, 6.45) is 4.05. The fourth-order valence-electron chi connectivity index (χ4n) is 2.36. The largest absolute Gasteiger partial charge is 0.325 e. The third kappa shape index (κ3) is 4.22. The van der Waals surface area contributed by atoms with E-state index < -0.39 is 11.1 Å². The first-order chi connectivity index (χ1) is 12.0. The number of aromatic nitrogens is 3. The van der Waals surface area contributed by atoms with Crippen molar-refractivity contribution in [3.63, 3.8) is 0 Å². The maximum Gasteiger partial charge on any atom is 0.237 e. The highest BCUT2D eigenvalue weighted by molar-refractivity contribution is 8.00. The standard InChI is InChI=1S/C17H18ClFN4OS/c1-3-8-23-15(11-4-5-11)21-22-17(23)25-10(2)16(24)20-12-6-7-14(19)13(18)9-12/h3,6-7,9-11H,1,4-5,8H2,2H3,(H,20,24). The lowest BCUT2D eigenvalue weighted by Crippen LogP contribution is -2.23. The molecule has 1 amide bonds. The fraction of sp³-hybridized carbons (Fsp3) is 0.353. The van der Waals surface area contributed by atoms with Crippen LogP contribution in [0.15, 0.2) is 36.0 Å². The Morgan fingerprint density at radius 1 is 1.56 bits per heavy atom. The summed E-state index contributed by atoms with van der Waals surface area (Å²) in [4.78, 5) is 12.4. The molecule has 1 aliphatic rings. The first kappa shape index (κ1) is 17.9. The molecule has 132 valence electrons. The second-order valence-corrected chi connectivity index (χ2v) is 7.61. The number of halogens is 2. The van der Waals surface area contributed by atoms with Gasteiger partial charge in [0.1, 0.15) is 11.6 Å². The normalized spacial score (nSPS) is 15.0. The van der Waals surface area contributed by atoms with E-state index in [0.29, 0.717) is 23.3 Å². The highest BCUT2D eigenvalue weighted by Gasteiger charge is 2.31. The molecule has 0 spiro atoms. The molecule has 5 nitrogen and oxygen atoms in total. The first-order valence-corrected chi connectivity index (χ1v) is 9.22. The number of nitrogens with one attached hydrogen (secondary N) is 1. The Labute approximate surface area is 154 Å². The SMILES string of the molecule is C=CCn1c(SC(C)C(=O)Nc2ccc(F)c(Cl)c2)nnc1C1CC1. The van der Waals surface area contributed by atoms with E-state index in [4.69, 9.17) is 11.6 Å². The number of hydrogen-bond acceptors (Lipinski definition) is 4. The topological polar surface area (TPSA) is 59.8 Å². The molecule has 1 aliphatic carbocycles. The molecule has 8 heteroatoms. The molecule has 3 rings (SSSR count). The third-order valence-corrected chi connectivity index (χ3v) is 5.21. The number of hydrogen-bond donors (Lipinski definition) is 1. The molecule has 0 aliphatic heterocycles. The van der Waals surface area contributed by atoms with E-state index in [9.17, 15) is 9.18 Å². The Kier molecular flexibility index (Phi) is 5.44. The minimum Gasteiger partial charge on any atom is -0.325 e. The molecule has 0 bridgehead atoms. The molecule has 1 N–H and O–H groups in total. The first-order valence-electron chi connectivity index (χ1n) is 7.96. The number of rotatable bonds is 7. The van der Waals surface area contributed by atoms with Gasteiger partial charge in [-0.2, -0.15) is 0 Å². The van der Waals surface area contributed by atoms with Crippen LogP contribution in [-0.4, -0.2) is 25.9 Å². The molecule has 1 saturated carbocycles. The van der Waals surface area contributed by atoms with Crippen molar-refractivity contribution in [2.45, 2.75) is 42.6 Å². The maximum atomic E-state index is 13.2. The van der Waals surface area contributed by atoms with Crippen molar-refractivity contribution < 1.29 is 9.18 Å². The summed E-state index contributed by atoms with van der Waals surface area (Å²) in [5.41, 5.74) is 0.454. The zero-order chi connectivity index (χ0) is 18.0. The summed E-state index contributed by atoms with van der Waals surface area (Å²) in [5, 5.41) is 11.5. The molecule has 1 aromatic heterocycles. The lowest BCUT2D eigenvalue weighted by atomic mass is 10.3. The summed E-state index contributed by atoms with van der Waals surface area (Å²) in [7, 11) is 0. The lowest BCUT2D eigenvalue weighted by Gasteiger charge is -2.13. The van der Waals surface area contributed by atoms with Crippen LogP contribution in [0.25, 0.3) is 0 Å². The van der Waals surface area contributed by atoms with Gasteiger partial charge in [0.25, 0.3) is 0 Å². The number of carbonyl (C=O) groups excluding carboxylic acids is 1. The number of thioether (sulfide) groups is 1. The van der Waals surface area contributed by atoms with Crippen molar-refractivity contribution >= 4 is 35.0 Å². The van der Waals surface area contributed by atoms with Crippen molar-refractivity contribution in [3.05, 3.63) is 47.5 Å². The van der Waals surface area contributed by atoms with Crippen LogP contribution in [0.1, 0.15) is 31.5 Å². The van der Waals surface area contributed by atoms with Crippen molar-refractivity contribution in [2.24, 2.45) is 0 Å². The average molecular weight is 381 g/mol. The molecular formula is C17H18ClFN4OS. The summed E-state index contributed by atoms with van der Waals surface area (Å²) < 4.78 is 15.2. The van der Waals surface area contributed by atoms with Crippen LogP contribution < -0.4 is 5.32 Å². The third-order valence-electron chi connectivity index (χ3n) is 3.84. The van der Waals surface area contributed by atoms with Gasteiger partial charge in [0.15, 0.2) is 5.16 Å². The van der Waals surface area contributed by atoms with Crippen molar-refractivity contribution in [3.8, 4) is 0 Å². The maximum absolute atomic E-state index is 13.2. The van der Waals surface area contributed by atoms with E-state index in [1.54, 1.807) is 13.0 Å². The number of anilines is 1. The van der Waals surface area contributed by atoms with Crippen LogP contribution in [0, 0.1) is 5.82 Å². The van der Waals surface area contributed by atoms with Gasteiger partial charge in [0.2, 0.25) is 5.91 Å². The average Bonchev–Trinajstić information content (AvgIpc) is 3.35. The molecule has 1 atom stereocenters. The van der Waals surface area contributed by atoms with Crippen molar-refractivity contribution in [1.82, 2.24) is 14.8 Å². The van der Waals surface area contributed by atoms with Crippen LogP contribution in [0.2, 0.25) is 5.02 Å². The molecule has 1 unspecified atom stereocenters. The van der Waals surface area contributed by atoms with Gasteiger partial charge in [-0.1, -0.05) is 29.4 Å². The fourth-order valence-corrected chi connectivity index (χ4v) is 3.41. The smallest absolute Gasteiger partial charge is 0.237 e. The van der Waals surface area contributed by atoms with Gasteiger partial charge in [0, 0.05) is 18.2 Å². The van der Waals surface area contributed by atoms with Gasteiger partial charge in [-0.3, -0.25) is 4.79 Å². The minimum absolute atomic E-state index is 0.0297. The van der Waals surface area contributed by atoms with Gasteiger partial charge >= 0.3 is 0 Å². The number of benzene rings is 1. The quantitative estimate of drug-likeness (QED) is 0.576. The molecule has 25 heavy (non-hydrogen) atoms. The Balaban J connectivity index is 1.68. The zero-order valence-electron chi connectivity index (χ0n) is 13.7. The lowest BCUT2D eigenvalue weighted by molar-refractivity contribution is -0.115. The Morgan fingerprint density at radius 3 is 2.96 bits per heavy atom. The second-order valence-electron chi connectivity index (χ2n) is 5.89. The number of nitrogens with zero attached hydrogens (tertiary/aromatic N) is 3. The van der Waals surface area contributed by atoms with Crippen LogP contribution in [0.5, 0.6) is 0 Å². The number of carbonyl (C=O) groups is 1. The van der Waals surface area contributed by atoms with E-state index in [2.05, 4.69) is 22.1 Å². The van der Waals surface area contributed by atoms with Crippen LogP contribution in [-0.2, 0) is 11.3 Å². The second kappa shape index (κ2) is 7.58. The predicted molar refractivity (Wildman–Crippen MR) is 97.6 cm³/mol. The monoisotopic (exact) mass is 380 g/mol.